The Bertz CT molecular complexity index is 73.5. The van der Waals surface area contributed by atoms with Gasteiger partial charge in [0.15, 0.2) is 0 Å². The standard InChI is InChI=1S/C3H3P2.3ClH.Zr/c1-2-5-3-4-1;;;;/h1-2,4H;3*1H;/q-1;;;;+4/p-3. The molecule has 0 bridgehead atoms. The third-order valence-electron chi connectivity index (χ3n) is 0.362. The fourth-order valence-electron chi connectivity index (χ4n) is 0.186. The van der Waals surface area contributed by atoms with Crippen molar-refractivity contribution in [3.63, 3.8) is 0 Å². The minimum Gasteiger partial charge on any atom is -1.00 e. The maximum atomic E-state index is 3.11. The van der Waals surface area contributed by atoms with Crippen LogP contribution in [0.25, 0.3) is 0 Å². The first-order chi connectivity index (χ1) is 2.50. The van der Waals surface area contributed by atoms with Crippen molar-refractivity contribution in [3.05, 3.63) is 17.1 Å². The first kappa shape index (κ1) is 22.4. The molecule has 0 N–H and O–H groups in total. The van der Waals surface area contributed by atoms with E-state index < -0.39 is 0 Å². The van der Waals surface area contributed by atoms with Crippen molar-refractivity contribution < 1.29 is 63.4 Å². The molecule has 1 aromatic heterocycles. The molecule has 0 aliphatic heterocycles. The van der Waals surface area contributed by atoms with Crippen LogP contribution in [-0.2, 0) is 26.2 Å². The molecule has 0 aliphatic rings. The zero-order valence-corrected chi connectivity index (χ0v) is 10.9. The van der Waals surface area contributed by atoms with Gasteiger partial charge in [0.05, 0.1) is 0 Å². The van der Waals surface area contributed by atoms with Crippen LogP contribution in [0.3, 0.4) is 0 Å². The average Bonchev–Trinajstić information content (AvgIpc) is 1.76. The van der Waals surface area contributed by atoms with Crippen LogP contribution >= 0.6 is 16.4 Å². The molecule has 1 aromatic rings. The van der Waals surface area contributed by atoms with Gasteiger partial charge < -0.3 is 37.2 Å². The van der Waals surface area contributed by atoms with Crippen molar-refractivity contribution in [2.24, 2.45) is 0 Å². The summed E-state index contributed by atoms with van der Waals surface area (Å²) in [6, 6.07) is 0. The Labute approximate surface area is 96.1 Å². The molecule has 0 saturated heterocycles. The molecule has 9 heavy (non-hydrogen) atoms. The Morgan fingerprint density at radius 3 is 1.89 bits per heavy atom. The first-order valence-electron chi connectivity index (χ1n) is 1.35. The van der Waals surface area contributed by atoms with Crippen LogP contribution < -0.4 is 37.2 Å². The molecule has 0 aliphatic carbocycles. The van der Waals surface area contributed by atoms with Gasteiger partial charge in [-0.3, -0.25) is 8.19 Å². The van der Waals surface area contributed by atoms with Gasteiger partial charge in [0, 0.05) is 0 Å². The van der Waals surface area contributed by atoms with Crippen LogP contribution in [0.1, 0.15) is 0 Å². The van der Waals surface area contributed by atoms with Crippen LogP contribution in [0.4, 0.5) is 0 Å². The zero-order chi connectivity index (χ0) is 3.54. The Balaban J connectivity index is -0.0000000312. The third kappa shape index (κ3) is 13.0. The molecule has 6 heteroatoms. The van der Waals surface area contributed by atoms with Crippen molar-refractivity contribution in [2.45, 2.75) is 0 Å². The summed E-state index contributed by atoms with van der Waals surface area (Å²) < 4.78 is 0. The largest absolute Gasteiger partial charge is 4.00 e. The van der Waals surface area contributed by atoms with Gasteiger partial charge >= 0.3 is 26.2 Å². The van der Waals surface area contributed by atoms with Crippen molar-refractivity contribution in [3.8, 4) is 0 Å². The SMILES string of the molecule is [Cl-].[Cl-].[Cl-].[Zr+4].[c-]1pcc[pH]1. The molecule has 50 valence electrons. The second-order valence-corrected chi connectivity index (χ2v) is 2.77. The summed E-state index contributed by atoms with van der Waals surface area (Å²) in [5.74, 6) is 4.25. The minimum absolute atomic E-state index is 0. The number of hydrogen-bond donors (Lipinski definition) is 0. The summed E-state index contributed by atoms with van der Waals surface area (Å²) in [7, 11) is 2.14. The van der Waals surface area contributed by atoms with Crippen LogP contribution in [-0.4, -0.2) is 0 Å². The third-order valence-corrected chi connectivity index (χ3v) is 2.31. The van der Waals surface area contributed by atoms with Gasteiger partial charge in [0.1, 0.15) is 0 Å². The first-order valence-corrected chi connectivity index (χ1v) is 3.39. The molecule has 0 saturated carbocycles. The molecule has 0 aromatic carbocycles. The fourth-order valence-corrected chi connectivity index (χ4v) is 1.68. The topological polar surface area (TPSA) is 0 Å². The van der Waals surface area contributed by atoms with Crippen molar-refractivity contribution in [2.75, 3.05) is 0 Å². The predicted molar refractivity (Wildman–Crippen MR) is 27.3 cm³/mol. The molecule has 1 rings (SSSR count). The van der Waals surface area contributed by atoms with Crippen molar-refractivity contribution >= 4 is 16.4 Å². The summed E-state index contributed by atoms with van der Waals surface area (Å²) >= 11 is 0. The van der Waals surface area contributed by atoms with Gasteiger partial charge in [-0.25, -0.2) is 8.19 Å². The summed E-state index contributed by atoms with van der Waals surface area (Å²) in [5, 5.41) is 0. The van der Waals surface area contributed by atoms with Gasteiger partial charge in [0.25, 0.3) is 0 Å². The quantitative estimate of drug-likeness (QED) is 0.418. The summed E-state index contributed by atoms with van der Waals surface area (Å²) in [5.41, 5.74) is 3.11. The van der Waals surface area contributed by atoms with E-state index in [0.717, 1.165) is 8.19 Å². The van der Waals surface area contributed by atoms with E-state index in [0.29, 0.717) is 0 Å². The fraction of sp³-hybridized carbons (Fsp3) is 0. The molecule has 1 heterocycles. The Morgan fingerprint density at radius 1 is 1.22 bits per heavy atom. The minimum atomic E-state index is 0. The summed E-state index contributed by atoms with van der Waals surface area (Å²) in [4.78, 5) is 0. The molecule has 0 amide bonds. The summed E-state index contributed by atoms with van der Waals surface area (Å²) in [6.45, 7) is 0. The molecular formula is C3H3Cl3P2Zr. The van der Waals surface area contributed by atoms with E-state index in [1.807, 2.05) is 0 Å². The predicted octanol–water partition coefficient (Wildman–Crippen LogP) is -6.89. The van der Waals surface area contributed by atoms with Crippen LogP contribution in [0.15, 0.2) is 11.6 Å². The van der Waals surface area contributed by atoms with Crippen molar-refractivity contribution in [1.29, 1.82) is 0 Å². The number of hydrogen-bond acceptors (Lipinski definition) is 0. The van der Waals surface area contributed by atoms with Gasteiger partial charge in [0.2, 0.25) is 0 Å². The van der Waals surface area contributed by atoms with E-state index >= 15 is 0 Å². The van der Waals surface area contributed by atoms with Crippen LogP contribution in [0.2, 0.25) is 0 Å². The monoisotopic (exact) mass is 296 g/mol. The average molecular weight is 299 g/mol. The smallest absolute Gasteiger partial charge is 1.00 e. The zero-order valence-electron chi connectivity index (χ0n) is 4.24. The van der Waals surface area contributed by atoms with Gasteiger partial charge in [-0.15, -0.1) is 5.53 Å². The molecule has 0 spiro atoms. The molecular weight excluding hydrogens is 296 g/mol. The maximum absolute atomic E-state index is 3.11. The van der Waals surface area contributed by atoms with E-state index in [-0.39, 0.29) is 63.4 Å². The number of halogens is 3. The summed E-state index contributed by atoms with van der Waals surface area (Å²) in [6.07, 6.45) is 0. The molecule has 0 fully saturated rings. The normalized spacial score (nSPS) is 6.22. The molecule has 1 atom stereocenters. The van der Waals surface area contributed by atoms with E-state index in [1.165, 1.54) is 8.19 Å². The van der Waals surface area contributed by atoms with Gasteiger partial charge in [-0.05, 0) is 0 Å². The van der Waals surface area contributed by atoms with Crippen molar-refractivity contribution in [1.82, 2.24) is 0 Å². The second-order valence-electron chi connectivity index (χ2n) is 0.701. The Morgan fingerprint density at radius 2 is 1.78 bits per heavy atom. The van der Waals surface area contributed by atoms with E-state index in [2.05, 4.69) is 17.1 Å². The molecule has 0 radical (unpaired) electrons. The second kappa shape index (κ2) is 16.5. The maximum Gasteiger partial charge on any atom is 4.00 e. The molecule has 1 unspecified atom stereocenters. The van der Waals surface area contributed by atoms with Gasteiger partial charge in [-0.2, -0.15) is 11.6 Å². The Kier molecular flexibility index (Phi) is 41.2. The van der Waals surface area contributed by atoms with Crippen LogP contribution in [0, 0.1) is 5.53 Å². The van der Waals surface area contributed by atoms with Crippen LogP contribution in [0.5, 0.6) is 0 Å². The van der Waals surface area contributed by atoms with E-state index in [4.69, 9.17) is 0 Å². The van der Waals surface area contributed by atoms with E-state index in [1.54, 1.807) is 0 Å². The Hall–Kier alpha value is 1.96. The van der Waals surface area contributed by atoms with E-state index in [9.17, 15) is 0 Å². The molecule has 0 nitrogen and oxygen atoms in total. The van der Waals surface area contributed by atoms with Gasteiger partial charge in [-0.1, -0.05) is 0 Å². The number of rotatable bonds is 0.